The number of nitrogens with zero attached hydrogens (tertiary/aromatic N) is 1. The quantitative estimate of drug-likeness (QED) is 0.817. The highest BCUT2D eigenvalue weighted by atomic mass is 32.2. The Kier molecular flexibility index (Phi) is 4.29. The van der Waals surface area contributed by atoms with Gasteiger partial charge in [0.25, 0.3) is 0 Å². The number of aryl methyl sites for hydroxylation is 1. The van der Waals surface area contributed by atoms with Crippen LogP contribution >= 0.6 is 0 Å². The predicted octanol–water partition coefficient (Wildman–Crippen LogP) is 0.330. The van der Waals surface area contributed by atoms with Crippen LogP contribution in [0.2, 0.25) is 0 Å². The first-order valence-electron chi connectivity index (χ1n) is 6.38. The Bertz CT molecular complexity index is 538. The molecule has 2 rings (SSSR count). The van der Waals surface area contributed by atoms with E-state index in [0.29, 0.717) is 6.54 Å². The molecule has 0 aromatic carbocycles. The third-order valence-electron chi connectivity index (χ3n) is 3.66. The zero-order valence-electron chi connectivity index (χ0n) is 11.3. The van der Waals surface area contributed by atoms with Gasteiger partial charge in [-0.05, 0) is 25.3 Å². The van der Waals surface area contributed by atoms with Crippen molar-refractivity contribution in [2.45, 2.75) is 42.8 Å². The molecule has 6 nitrogen and oxygen atoms in total. The van der Waals surface area contributed by atoms with Crippen LogP contribution < -0.4 is 10.5 Å². The lowest BCUT2D eigenvalue weighted by Gasteiger charge is -2.19. The molecule has 0 radical (unpaired) electrons. The number of hydrogen-bond acceptors (Lipinski definition) is 4. The molecule has 108 valence electrons. The maximum absolute atomic E-state index is 12.3. The van der Waals surface area contributed by atoms with E-state index in [0.717, 1.165) is 25.0 Å². The van der Waals surface area contributed by atoms with Crippen LogP contribution in [0.15, 0.2) is 17.2 Å². The lowest BCUT2D eigenvalue weighted by molar-refractivity contribution is 0.0916. The lowest BCUT2D eigenvalue weighted by atomic mass is 10.2. The first-order valence-corrected chi connectivity index (χ1v) is 7.86. The van der Waals surface area contributed by atoms with Gasteiger partial charge >= 0.3 is 0 Å². The Balaban J connectivity index is 2.17. The highest BCUT2D eigenvalue weighted by Gasteiger charge is 2.31. The summed E-state index contributed by atoms with van der Waals surface area (Å²) in [7, 11) is -0.101. The minimum atomic E-state index is -3.50. The summed E-state index contributed by atoms with van der Waals surface area (Å²) in [6.45, 7) is 0.316. The Morgan fingerprint density at radius 2 is 2.26 bits per heavy atom. The molecule has 1 aliphatic carbocycles. The number of nitrogens with one attached hydrogen (secondary N) is 1. The van der Waals surface area contributed by atoms with Crippen LogP contribution in [0, 0.1) is 0 Å². The number of ether oxygens (including phenoxy) is 1. The van der Waals surface area contributed by atoms with Crippen molar-refractivity contribution in [3.8, 4) is 0 Å². The van der Waals surface area contributed by atoms with Gasteiger partial charge in [0, 0.05) is 38.6 Å². The molecule has 3 N–H and O–H groups in total. The predicted molar refractivity (Wildman–Crippen MR) is 72.1 cm³/mol. The van der Waals surface area contributed by atoms with Gasteiger partial charge in [0.2, 0.25) is 10.0 Å². The Hall–Kier alpha value is -0.890. The summed E-state index contributed by atoms with van der Waals surface area (Å²) in [5.41, 5.74) is 6.35. The van der Waals surface area contributed by atoms with Crippen molar-refractivity contribution in [1.82, 2.24) is 9.29 Å². The van der Waals surface area contributed by atoms with Gasteiger partial charge in [-0.25, -0.2) is 13.1 Å². The highest BCUT2D eigenvalue weighted by Crippen LogP contribution is 2.23. The second-order valence-electron chi connectivity index (χ2n) is 4.92. The molecule has 1 aromatic heterocycles. The third-order valence-corrected chi connectivity index (χ3v) is 5.12. The maximum Gasteiger partial charge on any atom is 0.242 e. The molecule has 0 bridgehead atoms. The molecular formula is C12H21N3O3S. The second kappa shape index (κ2) is 5.62. The average Bonchev–Trinajstić information content (AvgIpc) is 2.95. The molecule has 0 aliphatic heterocycles. The van der Waals surface area contributed by atoms with Gasteiger partial charge in [-0.1, -0.05) is 0 Å². The molecule has 0 amide bonds. The Morgan fingerprint density at radius 1 is 1.53 bits per heavy atom. The molecule has 1 aromatic rings. The van der Waals surface area contributed by atoms with E-state index in [4.69, 9.17) is 10.5 Å². The lowest BCUT2D eigenvalue weighted by Crippen LogP contribution is -2.40. The van der Waals surface area contributed by atoms with Gasteiger partial charge in [-0.15, -0.1) is 0 Å². The van der Waals surface area contributed by atoms with Crippen LogP contribution in [0.25, 0.3) is 0 Å². The van der Waals surface area contributed by atoms with Gasteiger partial charge < -0.3 is 15.0 Å². The van der Waals surface area contributed by atoms with Crippen LogP contribution in [-0.2, 0) is 28.4 Å². The number of rotatable bonds is 5. The molecule has 0 spiro atoms. The van der Waals surface area contributed by atoms with E-state index in [2.05, 4.69) is 4.72 Å². The standard InChI is InChI=1S/C12H21N3O3S/c1-15-8-10(6-9(15)7-13)19(16,17)14-11-4-3-5-12(11)18-2/h6,8,11-12,14H,3-5,7,13H2,1-2H3. The molecule has 0 saturated heterocycles. The van der Waals surface area contributed by atoms with E-state index in [-0.39, 0.29) is 17.0 Å². The topological polar surface area (TPSA) is 86.3 Å². The number of nitrogens with two attached hydrogens (primary N) is 1. The summed E-state index contributed by atoms with van der Waals surface area (Å²) in [6.07, 6.45) is 4.24. The van der Waals surface area contributed by atoms with Gasteiger partial charge in [-0.2, -0.15) is 0 Å². The molecule has 7 heteroatoms. The van der Waals surface area contributed by atoms with E-state index in [1.807, 2.05) is 0 Å². The summed E-state index contributed by atoms with van der Waals surface area (Å²) in [6, 6.07) is 1.47. The summed E-state index contributed by atoms with van der Waals surface area (Å²) >= 11 is 0. The third kappa shape index (κ3) is 3.00. The number of aromatic nitrogens is 1. The molecule has 19 heavy (non-hydrogen) atoms. The van der Waals surface area contributed by atoms with Crippen molar-refractivity contribution in [1.29, 1.82) is 0 Å². The Morgan fingerprint density at radius 3 is 2.84 bits per heavy atom. The van der Waals surface area contributed by atoms with Crippen LogP contribution in [0.5, 0.6) is 0 Å². The molecule has 2 unspecified atom stereocenters. The van der Waals surface area contributed by atoms with E-state index < -0.39 is 10.0 Å². The fourth-order valence-electron chi connectivity index (χ4n) is 2.54. The van der Waals surface area contributed by atoms with Crippen LogP contribution in [-0.4, -0.2) is 32.2 Å². The van der Waals surface area contributed by atoms with Crippen LogP contribution in [0.1, 0.15) is 25.0 Å². The molecular weight excluding hydrogens is 266 g/mol. The Labute approximate surface area is 114 Å². The van der Waals surface area contributed by atoms with Crippen molar-refractivity contribution in [2.24, 2.45) is 12.8 Å². The molecule has 1 fully saturated rings. The maximum atomic E-state index is 12.3. The molecule has 1 heterocycles. The van der Waals surface area contributed by atoms with Crippen molar-refractivity contribution in [3.63, 3.8) is 0 Å². The summed E-state index contributed by atoms with van der Waals surface area (Å²) < 4.78 is 34.4. The normalized spacial score (nSPS) is 23.9. The van der Waals surface area contributed by atoms with Crippen molar-refractivity contribution in [2.75, 3.05) is 7.11 Å². The largest absolute Gasteiger partial charge is 0.380 e. The first kappa shape index (κ1) is 14.5. The van der Waals surface area contributed by atoms with Crippen molar-refractivity contribution >= 4 is 10.0 Å². The number of sulfonamides is 1. The van der Waals surface area contributed by atoms with E-state index >= 15 is 0 Å². The average molecular weight is 287 g/mol. The molecule has 1 saturated carbocycles. The van der Waals surface area contributed by atoms with Gasteiger partial charge in [-0.3, -0.25) is 0 Å². The molecule has 1 aliphatic rings. The highest BCUT2D eigenvalue weighted by molar-refractivity contribution is 7.89. The summed E-state index contributed by atoms with van der Waals surface area (Å²) in [5, 5.41) is 0. The summed E-state index contributed by atoms with van der Waals surface area (Å²) in [4.78, 5) is 0.261. The van der Waals surface area contributed by atoms with Gasteiger partial charge in [0.05, 0.1) is 11.0 Å². The minimum absolute atomic E-state index is 0.0348. The minimum Gasteiger partial charge on any atom is -0.380 e. The van der Waals surface area contributed by atoms with Crippen LogP contribution in [0.3, 0.4) is 0 Å². The van der Waals surface area contributed by atoms with Gasteiger partial charge in [0.15, 0.2) is 0 Å². The van der Waals surface area contributed by atoms with Crippen LogP contribution in [0.4, 0.5) is 0 Å². The van der Waals surface area contributed by atoms with E-state index in [1.165, 1.54) is 0 Å². The smallest absolute Gasteiger partial charge is 0.242 e. The summed E-state index contributed by atoms with van der Waals surface area (Å²) in [5.74, 6) is 0. The fourth-order valence-corrected chi connectivity index (χ4v) is 3.93. The number of methoxy groups -OCH3 is 1. The van der Waals surface area contributed by atoms with Crippen molar-refractivity contribution in [3.05, 3.63) is 18.0 Å². The van der Waals surface area contributed by atoms with Gasteiger partial charge in [0.1, 0.15) is 0 Å². The fraction of sp³-hybridized carbons (Fsp3) is 0.667. The number of hydrogen-bond donors (Lipinski definition) is 2. The van der Waals surface area contributed by atoms with E-state index in [9.17, 15) is 8.42 Å². The van der Waals surface area contributed by atoms with E-state index in [1.54, 1.807) is 31.0 Å². The SMILES string of the molecule is COC1CCCC1NS(=O)(=O)c1cc(CN)n(C)c1. The monoisotopic (exact) mass is 287 g/mol. The zero-order valence-corrected chi connectivity index (χ0v) is 12.1. The first-order chi connectivity index (χ1) is 8.97. The molecule has 2 atom stereocenters. The van der Waals surface area contributed by atoms with Crippen molar-refractivity contribution < 1.29 is 13.2 Å². The second-order valence-corrected chi connectivity index (χ2v) is 6.63. The zero-order chi connectivity index (χ0) is 14.0.